The number of aryl methyl sites for hydroxylation is 1. The zero-order chi connectivity index (χ0) is 26.9. The van der Waals surface area contributed by atoms with E-state index in [0.29, 0.717) is 28.8 Å². The molecule has 3 aliphatic heterocycles. The minimum Gasteiger partial charge on any atom is -0.497 e. The first-order chi connectivity index (χ1) is 19.0. The molecule has 0 radical (unpaired) electrons. The lowest BCUT2D eigenvalue weighted by Gasteiger charge is -2.23. The highest BCUT2D eigenvalue weighted by atomic mass is 32.2. The highest BCUT2D eigenvalue weighted by Crippen LogP contribution is 2.39. The number of methoxy groups -OCH3 is 1. The topological polar surface area (TPSA) is 102 Å². The number of amides is 2. The summed E-state index contributed by atoms with van der Waals surface area (Å²) in [7, 11) is 1.63. The van der Waals surface area contributed by atoms with Crippen LogP contribution in [0, 0.1) is 6.92 Å². The summed E-state index contributed by atoms with van der Waals surface area (Å²) in [5, 5.41) is 9.43. The van der Waals surface area contributed by atoms with Gasteiger partial charge in [0, 0.05) is 24.6 Å². The quantitative estimate of drug-likeness (QED) is 0.472. The van der Waals surface area contributed by atoms with Crippen molar-refractivity contribution in [2.45, 2.75) is 31.1 Å². The second-order valence-corrected chi connectivity index (χ2v) is 10.6. The zero-order valence-electron chi connectivity index (χ0n) is 21.4. The fourth-order valence-electron chi connectivity index (χ4n) is 4.65. The van der Waals surface area contributed by atoms with E-state index in [9.17, 15) is 9.59 Å². The summed E-state index contributed by atoms with van der Waals surface area (Å²) >= 11 is 1.27. The van der Waals surface area contributed by atoms with Crippen LogP contribution in [0.5, 0.6) is 17.2 Å². The maximum Gasteiger partial charge on any atom is 0.262 e. The lowest BCUT2D eigenvalue weighted by atomic mass is 9.98. The van der Waals surface area contributed by atoms with Crippen LogP contribution < -0.4 is 19.5 Å². The largest absolute Gasteiger partial charge is 0.497 e. The molecule has 3 heterocycles. The number of carbonyl (C=O) groups is 2. The number of amidine groups is 1. The molecule has 0 aromatic heterocycles. The molecule has 198 valence electrons. The predicted molar refractivity (Wildman–Crippen MR) is 150 cm³/mol. The van der Waals surface area contributed by atoms with Crippen LogP contribution >= 0.6 is 11.8 Å². The Morgan fingerprint density at radius 1 is 1.08 bits per heavy atom. The second-order valence-electron chi connectivity index (χ2n) is 9.41. The molecule has 10 heteroatoms. The number of anilines is 1. The van der Waals surface area contributed by atoms with Gasteiger partial charge < -0.3 is 19.5 Å². The van der Waals surface area contributed by atoms with Gasteiger partial charge in [0.05, 0.1) is 18.9 Å². The van der Waals surface area contributed by atoms with E-state index < -0.39 is 5.25 Å². The molecule has 3 aliphatic rings. The molecule has 0 saturated carbocycles. The smallest absolute Gasteiger partial charge is 0.262 e. The van der Waals surface area contributed by atoms with Crippen LogP contribution in [0.3, 0.4) is 0 Å². The summed E-state index contributed by atoms with van der Waals surface area (Å²) in [6.45, 7) is 2.20. The van der Waals surface area contributed by atoms with Gasteiger partial charge in [0.2, 0.25) is 12.7 Å². The van der Waals surface area contributed by atoms with E-state index in [-0.39, 0.29) is 31.1 Å². The standard InChI is InChI=1S/C29H26N4O5S/c1-17-3-5-19(6-4-17)23-14-22(18-7-10-21(36-2)11-8-18)32-33(23)29-31-28(35)26(39-29)15-27(34)30-20-9-12-24-25(13-20)38-16-37-24/h3-13,23,26H,14-16H2,1-2H3,(H,30,34). The van der Waals surface area contributed by atoms with Crippen molar-refractivity contribution in [3.05, 3.63) is 83.4 Å². The van der Waals surface area contributed by atoms with Crippen molar-refractivity contribution < 1.29 is 23.8 Å². The third-order valence-corrected chi connectivity index (χ3v) is 7.89. The van der Waals surface area contributed by atoms with Gasteiger partial charge in [-0.3, -0.25) is 9.59 Å². The Balaban J connectivity index is 1.19. The number of benzene rings is 3. The number of nitrogens with zero attached hydrogens (tertiary/aromatic N) is 3. The molecule has 2 unspecified atom stereocenters. The Morgan fingerprint density at radius 2 is 1.85 bits per heavy atom. The molecular weight excluding hydrogens is 516 g/mol. The molecule has 9 nitrogen and oxygen atoms in total. The number of hydrogen-bond acceptors (Lipinski definition) is 8. The number of fused-ring (bicyclic) bond motifs is 1. The van der Waals surface area contributed by atoms with E-state index in [0.717, 1.165) is 28.2 Å². The number of aliphatic imine (C=N–C) groups is 1. The summed E-state index contributed by atoms with van der Waals surface area (Å²) in [4.78, 5) is 30.0. The van der Waals surface area contributed by atoms with Crippen molar-refractivity contribution >= 4 is 40.1 Å². The monoisotopic (exact) mass is 542 g/mol. The van der Waals surface area contributed by atoms with Gasteiger partial charge in [-0.2, -0.15) is 10.1 Å². The molecule has 6 rings (SSSR count). The molecule has 3 aromatic carbocycles. The van der Waals surface area contributed by atoms with Crippen LogP contribution in [0.15, 0.2) is 76.8 Å². The highest BCUT2D eigenvalue weighted by molar-refractivity contribution is 8.15. The van der Waals surface area contributed by atoms with Crippen molar-refractivity contribution in [1.82, 2.24) is 5.01 Å². The van der Waals surface area contributed by atoms with E-state index in [4.69, 9.17) is 19.3 Å². The average Bonchev–Trinajstić information content (AvgIpc) is 3.68. The van der Waals surface area contributed by atoms with Gasteiger partial charge in [-0.25, -0.2) is 5.01 Å². The first kappa shape index (κ1) is 25.0. The molecule has 0 aliphatic carbocycles. The molecule has 2 atom stereocenters. The first-order valence-electron chi connectivity index (χ1n) is 12.5. The lowest BCUT2D eigenvalue weighted by molar-refractivity contribution is -0.121. The normalized spacial score (nSPS) is 19.6. The van der Waals surface area contributed by atoms with Crippen LogP contribution in [-0.2, 0) is 9.59 Å². The number of nitrogens with one attached hydrogen (secondary N) is 1. The summed E-state index contributed by atoms with van der Waals surface area (Å²) in [6.07, 6.45) is 0.640. The number of thioether (sulfide) groups is 1. The number of hydrazone groups is 1. The molecule has 39 heavy (non-hydrogen) atoms. The first-order valence-corrected chi connectivity index (χ1v) is 13.4. The maximum absolute atomic E-state index is 12.9. The number of carbonyl (C=O) groups excluding carboxylic acids is 2. The van der Waals surface area contributed by atoms with Crippen molar-refractivity contribution in [1.29, 1.82) is 0 Å². The minimum atomic E-state index is -0.632. The Bertz CT molecular complexity index is 1490. The van der Waals surface area contributed by atoms with Crippen molar-refractivity contribution in [2.24, 2.45) is 10.1 Å². The molecule has 2 amide bonds. The maximum atomic E-state index is 12.9. The zero-order valence-corrected chi connectivity index (χ0v) is 22.2. The molecule has 3 aromatic rings. The van der Waals surface area contributed by atoms with Crippen LogP contribution in [0.4, 0.5) is 5.69 Å². The van der Waals surface area contributed by atoms with Crippen molar-refractivity contribution in [2.75, 3.05) is 19.2 Å². The fourth-order valence-corrected chi connectivity index (χ4v) is 5.71. The van der Waals surface area contributed by atoms with Gasteiger partial charge in [0.25, 0.3) is 5.91 Å². The fraction of sp³-hybridized carbons (Fsp3) is 0.241. The third kappa shape index (κ3) is 5.20. The van der Waals surface area contributed by atoms with Gasteiger partial charge in [0.1, 0.15) is 11.0 Å². The Morgan fingerprint density at radius 3 is 2.62 bits per heavy atom. The van der Waals surface area contributed by atoms with Crippen LogP contribution in [0.1, 0.15) is 35.6 Å². The molecule has 0 bridgehead atoms. The number of ether oxygens (including phenoxy) is 3. The van der Waals surface area contributed by atoms with Gasteiger partial charge in [0.15, 0.2) is 16.7 Å². The molecular formula is C29H26N4O5S. The minimum absolute atomic E-state index is 0.0109. The Labute approximate surface area is 229 Å². The highest BCUT2D eigenvalue weighted by Gasteiger charge is 2.39. The van der Waals surface area contributed by atoms with Crippen molar-refractivity contribution in [3.63, 3.8) is 0 Å². The molecule has 0 spiro atoms. The lowest BCUT2D eigenvalue weighted by Crippen LogP contribution is -2.25. The summed E-state index contributed by atoms with van der Waals surface area (Å²) in [6, 6.07) is 21.1. The summed E-state index contributed by atoms with van der Waals surface area (Å²) in [5.41, 5.74) is 4.69. The Kier molecular flexibility index (Phi) is 6.70. The Hall–Kier alpha value is -4.31. The van der Waals surface area contributed by atoms with Gasteiger partial charge in [-0.05, 0) is 54.4 Å². The van der Waals surface area contributed by atoms with Gasteiger partial charge in [-0.1, -0.05) is 41.6 Å². The summed E-state index contributed by atoms with van der Waals surface area (Å²) < 4.78 is 16.0. The van der Waals surface area contributed by atoms with Crippen LogP contribution in [0.2, 0.25) is 0 Å². The van der Waals surface area contributed by atoms with Gasteiger partial charge in [-0.15, -0.1) is 0 Å². The van der Waals surface area contributed by atoms with E-state index in [1.54, 1.807) is 25.3 Å². The van der Waals surface area contributed by atoms with Crippen molar-refractivity contribution in [3.8, 4) is 17.2 Å². The van der Waals surface area contributed by atoms with E-state index in [1.165, 1.54) is 11.8 Å². The van der Waals surface area contributed by atoms with Gasteiger partial charge >= 0.3 is 0 Å². The molecule has 1 N–H and O–H groups in total. The molecule has 0 fully saturated rings. The predicted octanol–water partition coefficient (Wildman–Crippen LogP) is 4.91. The number of rotatable bonds is 6. The van der Waals surface area contributed by atoms with E-state index in [2.05, 4.69) is 34.6 Å². The third-order valence-electron chi connectivity index (χ3n) is 6.75. The number of hydrogen-bond donors (Lipinski definition) is 1. The van der Waals surface area contributed by atoms with Crippen LogP contribution in [0.25, 0.3) is 0 Å². The van der Waals surface area contributed by atoms with E-state index in [1.807, 2.05) is 36.2 Å². The molecule has 0 saturated heterocycles. The van der Waals surface area contributed by atoms with Crippen LogP contribution in [-0.4, -0.2) is 46.9 Å². The summed E-state index contributed by atoms with van der Waals surface area (Å²) in [5.74, 6) is 1.36. The average molecular weight is 543 g/mol. The SMILES string of the molecule is COc1ccc(C2=NN(C3=NC(=O)C(CC(=O)Nc4ccc5c(c4)OCO5)S3)C(c3ccc(C)cc3)C2)cc1. The second kappa shape index (κ2) is 10.5. The van der Waals surface area contributed by atoms with E-state index >= 15 is 0 Å².